The Morgan fingerprint density at radius 3 is 2.80 bits per heavy atom. The van der Waals surface area contributed by atoms with Crippen LogP contribution in [0.2, 0.25) is 0 Å². The molecule has 1 unspecified atom stereocenters. The first-order valence-electron chi connectivity index (χ1n) is 6.61. The zero-order chi connectivity index (χ0) is 14.7. The first-order valence-corrected chi connectivity index (χ1v) is 7.49. The number of nitrogens with zero attached hydrogens (tertiary/aromatic N) is 2. The summed E-state index contributed by atoms with van der Waals surface area (Å²) in [5, 5.41) is 11.8. The Hall–Kier alpha value is -1.69. The van der Waals surface area contributed by atoms with E-state index in [0.29, 0.717) is 0 Å². The van der Waals surface area contributed by atoms with Crippen molar-refractivity contribution < 1.29 is 14.7 Å². The van der Waals surface area contributed by atoms with Gasteiger partial charge in [0.2, 0.25) is 5.91 Å². The average molecular weight is 294 g/mol. The summed E-state index contributed by atoms with van der Waals surface area (Å²) in [4.78, 5) is 29.0. The molecule has 0 spiro atoms. The molecule has 1 saturated carbocycles. The summed E-state index contributed by atoms with van der Waals surface area (Å²) < 4.78 is 0. The van der Waals surface area contributed by atoms with E-state index in [4.69, 9.17) is 5.11 Å². The molecular formula is C14H18N2O3S. The summed E-state index contributed by atoms with van der Waals surface area (Å²) in [7, 11) is 0. The lowest BCUT2D eigenvalue weighted by Crippen LogP contribution is -2.37. The summed E-state index contributed by atoms with van der Waals surface area (Å²) in [5.41, 5.74) is 0.767. The molecule has 1 aromatic heterocycles. The van der Waals surface area contributed by atoms with E-state index in [1.165, 1.54) is 17.4 Å². The van der Waals surface area contributed by atoms with E-state index in [0.717, 1.165) is 23.5 Å². The molecule has 1 aliphatic rings. The van der Waals surface area contributed by atoms with Gasteiger partial charge in [0.05, 0.1) is 16.6 Å². The highest BCUT2D eigenvalue weighted by molar-refractivity contribution is 7.09. The van der Waals surface area contributed by atoms with Crippen molar-refractivity contribution in [1.29, 1.82) is 0 Å². The van der Waals surface area contributed by atoms with Crippen LogP contribution >= 0.6 is 11.3 Å². The number of rotatable bonds is 6. The fourth-order valence-electron chi connectivity index (χ4n) is 1.89. The van der Waals surface area contributed by atoms with Crippen LogP contribution in [0, 0.1) is 12.8 Å². The average Bonchev–Trinajstić information content (AvgIpc) is 3.15. The highest BCUT2D eigenvalue weighted by Gasteiger charge is 2.33. The molecule has 1 fully saturated rings. The molecule has 5 nitrogen and oxygen atoms in total. The van der Waals surface area contributed by atoms with Gasteiger partial charge in [-0.25, -0.2) is 4.98 Å². The molecule has 0 aromatic carbocycles. The van der Waals surface area contributed by atoms with Crippen LogP contribution in [-0.4, -0.2) is 39.5 Å². The zero-order valence-corrected chi connectivity index (χ0v) is 12.4. The van der Waals surface area contributed by atoms with Gasteiger partial charge in [0.1, 0.15) is 0 Å². The lowest BCUT2D eigenvalue weighted by atomic mass is 10.1. The number of carbonyl (C=O) groups excluding carboxylic acids is 1. The summed E-state index contributed by atoms with van der Waals surface area (Å²) >= 11 is 1.53. The van der Waals surface area contributed by atoms with E-state index >= 15 is 0 Å². The Morgan fingerprint density at radius 2 is 2.30 bits per heavy atom. The SMILES string of the molecule is Cc1nc(C=CC(=O)N(CC(C)C(=O)O)C2CC2)cs1. The van der Waals surface area contributed by atoms with Gasteiger partial charge in [0.25, 0.3) is 0 Å². The summed E-state index contributed by atoms with van der Waals surface area (Å²) in [6, 6.07) is 0.200. The molecule has 1 aliphatic carbocycles. The van der Waals surface area contributed by atoms with Gasteiger partial charge >= 0.3 is 5.97 Å². The van der Waals surface area contributed by atoms with Crippen molar-refractivity contribution in [3.05, 3.63) is 22.2 Å². The molecule has 1 aromatic rings. The molecule has 0 radical (unpaired) electrons. The van der Waals surface area contributed by atoms with E-state index in [1.807, 2.05) is 12.3 Å². The molecule has 0 saturated heterocycles. The Balaban J connectivity index is 2.00. The molecule has 0 aliphatic heterocycles. The number of carbonyl (C=O) groups is 2. The maximum atomic E-state index is 12.2. The Morgan fingerprint density at radius 1 is 1.60 bits per heavy atom. The van der Waals surface area contributed by atoms with E-state index < -0.39 is 11.9 Å². The van der Waals surface area contributed by atoms with Gasteiger partial charge in [-0.05, 0) is 25.8 Å². The number of aliphatic carboxylic acids is 1. The van der Waals surface area contributed by atoms with Crippen molar-refractivity contribution in [1.82, 2.24) is 9.88 Å². The summed E-state index contributed by atoms with van der Waals surface area (Å²) in [6.45, 7) is 3.80. The Labute approximate surface area is 121 Å². The van der Waals surface area contributed by atoms with Crippen LogP contribution in [0.1, 0.15) is 30.5 Å². The van der Waals surface area contributed by atoms with Crippen LogP contribution in [0.25, 0.3) is 6.08 Å². The predicted molar refractivity (Wildman–Crippen MR) is 77.4 cm³/mol. The number of hydrogen-bond acceptors (Lipinski definition) is 4. The van der Waals surface area contributed by atoms with Crippen LogP contribution in [0.15, 0.2) is 11.5 Å². The summed E-state index contributed by atoms with van der Waals surface area (Å²) in [5.74, 6) is -1.55. The maximum absolute atomic E-state index is 12.2. The fourth-order valence-corrected chi connectivity index (χ4v) is 2.47. The van der Waals surface area contributed by atoms with Gasteiger partial charge in [0, 0.05) is 24.0 Å². The predicted octanol–water partition coefficient (Wildman–Crippen LogP) is 2.18. The van der Waals surface area contributed by atoms with Crippen LogP contribution in [-0.2, 0) is 9.59 Å². The van der Waals surface area contributed by atoms with Crippen molar-refractivity contribution in [2.24, 2.45) is 5.92 Å². The molecule has 2 rings (SSSR count). The van der Waals surface area contributed by atoms with E-state index in [9.17, 15) is 9.59 Å². The van der Waals surface area contributed by atoms with Gasteiger partial charge in [-0.1, -0.05) is 6.92 Å². The fraction of sp³-hybridized carbons (Fsp3) is 0.500. The zero-order valence-electron chi connectivity index (χ0n) is 11.6. The molecule has 1 N–H and O–H groups in total. The second-order valence-electron chi connectivity index (χ2n) is 5.09. The standard InChI is InChI=1S/C14H18N2O3S/c1-9(14(18)19)7-16(12-4-5-12)13(17)6-3-11-8-20-10(2)15-11/h3,6,8-9,12H,4-5,7H2,1-2H3,(H,18,19). The van der Waals surface area contributed by atoms with Gasteiger partial charge in [-0.2, -0.15) is 0 Å². The largest absolute Gasteiger partial charge is 0.481 e. The Kier molecular flexibility index (Phi) is 4.54. The highest BCUT2D eigenvalue weighted by Crippen LogP contribution is 2.28. The van der Waals surface area contributed by atoms with E-state index in [1.54, 1.807) is 17.9 Å². The number of amides is 1. The van der Waals surface area contributed by atoms with Gasteiger partial charge in [-0.15, -0.1) is 11.3 Å². The van der Waals surface area contributed by atoms with Crippen molar-refractivity contribution in [3.8, 4) is 0 Å². The minimum atomic E-state index is -0.873. The second-order valence-corrected chi connectivity index (χ2v) is 6.15. The minimum Gasteiger partial charge on any atom is -0.481 e. The van der Waals surface area contributed by atoms with Crippen LogP contribution < -0.4 is 0 Å². The molecule has 6 heteroatoms. The van der Waals surface area contributed by atoms with Crippen LogP contribution in [0.5, 0.6) is 0 Å². The van der Waals surface area contributed by atoms with Gasteiger partial charge in [-0.3, -0.25) is 9.59 Å². The molecule has 1 atom stereocenters. The smallest absolute Gasteiger partial charge is 0.308 e. The van der Waals surface area contributed by atoms with E-state index in [2.05, 4.69) is 4.98 Å². The Bertz CT molecular complexity index is 534. The molecular weight excluding hydrogens is 276 g/mol. The molecule has 0 bridgehead atoms. The molecule has 1 amide bonds. The van der Waals surface area contributed by atoms with Crippen molar-refractivity contribution in [2.75, 3.05) is 6.54 Å². The number of aromatic nitrogens is 1. The van der Waals surface area contributed by atoms with Crippen molar-refractivity contribution in [3.63, 3.8) is 0 Å². The number of hydrogen-bond donors (Lipinski definition) is 1. The maximum Gasteiger partial charge on any atom is 0.308 e. The molecule has 1 heterocycles. The third-order valence-electron chi connectivity index (χ3n) is 3.20. The first-order chi connectivity index (χ1) is 9.47. The topological polar surface area (TPSA) is 70.5 Å². The summed E-state index contributed by atoms with van der Waals surface area (Å²) in [6.07, 6.45) is 5.09. The number of thiazole rings is 1. The lowest BCUT2D eigenvalue weighted by molar-refractivity contribution is -0.142. The highest BCUT2D eigenvalue weighted by atomic mass is 32.1. The number of carboxylic acids is 1. The number of carboxylic acid groups (broad SMARTS) is 1. The third-order valence-corrected chi connectivity index (χ3v) is 3.99. The normalized spacial score (nSPS) is 16.3. The van der Waals surface area contributed by atoms with Crippen LogP contribution in [0.4, 0.5) is 0 Å². The van der Waals surface area contributed by atoms with Gasteiger partial charge < -0.3 is 10.0 Å². The van der Waals surface area contributed by atoms with Crippen molar-refractivity contribution >= 4 is 29.3 Å². The van der Waals surface area contributed by atoms with E-state index in [-0.39, 0.29) is 18.5 Å². The quantitative estimate of drug-likeness (QED) is 0.816. The second kappa shape index (κ2) is 6.17. The number of aryl methyl sites for hydroxylation is 1. The first kappa shape index (κ1) is 14.7. The third kappa shape index (κ3) is 3.90. The monoisotopic (exact) mass is 294 g/mol. The van der Waals surface area contributed by atoms with Crippen LogP contribution in [0.3, 0.4) is 0 Å². The lowest BCUT2D eigenvalue weighted by Gasteiger charge is -2.22. The van der Waals surface area contributed by atoms with Crippen molar-refractivity contribution in [2.45, 2.75) is 32.7 Å². The molecule has 20 heavy (non-hydrogen) atoms. The molecule has 108 valence electrons. The van der Waals surface area contributed by atoms with Gasteiger partial charge in [0.15, 0.2) is 0 Å². The minimum absolute atomic E-state index is 0.133.